The minimum Gasteiger partial charge on any atom is -0.370 e. The predicted molar refractivity (Wildman–Crippen MR) is 87.7 cm³/mol. The van der Waals surface area contributed by atoms with E-state index in [4.69, 9.17) is 5.73 Å². The van der Waals surface area contributed by atoms with Gasteiger partial charge in [0.25, 0.3) is 5.69 Å². The van der Waals surface area contributed by atoms with Gasteiger partial charge >= 0.3 is 0 Å². The van der Waals surface area contributed by atoms with Gasteiger partial charge in [-0.25, -0.2) is 13.1 Å². The van der Waals surface area contributed by atoms with Crippen molar-refractivity contribution in [3.8, 4) is 0 Å². The SMILES string of the molecule is CCN(CC)C(N)=NCCNS(=O)(=O)c1cccc([N+](=O)[O-])c1. The van der Waals surface area contributed by atoms with Crippen molar-refractivity contribution in [2.24, 2.45) is 10.7 Å². The zero-order valence-corrected chi connectivity index (χ0v) is 13.9. The first-order valence-corrected chi connectivity index (χ1v) is 8.59. The lowest BCUT2D eigenvalue weighted by Crippen LogP contribution is -2.37. The second-order valence-corrected chi connectivity index (χ2v) is 6.33. The maximum atomic E-state index is 12.1. The molecule has 0 unspecified atom stereocenters. The molecule has 3 N–H and O–H groups in total. The molecule has 1 aromatic carbocycles. The molecular formula is C13H21N5O4S. The van der Waals surface area contributed by atoms with Gasteiger partial charge in [0, 0.05) is 31.8 Å². The van der Waals surface area contributed by atoms with E-state index in [0.29, 0.717) is 19.0 Å². The second-order valence-electron chi connectivity index (χ2n) is 4.56. The fraction of sp³-hybridized carbons (Fsp3) is 0.462. The number of non-ortho nitro benzene ring substituents is 1. The molecule has 0 saturated heterocycles. The van der Waals surface area contributed by atoms with Crippen LogP contribution < -0.4 is 10.5 Å². The third-order valence-corrected chi connectivity index (χ3v) is 4.56. The Morgan fingerprint density at radius 2 is 2.04 bits per heavy atom. The molecule has 0 radical (unpaired) electrons. The van der Waals surface area contributed by atoms with Crippen molar-refractivity contribution < 1.29 is 13.3 Å². The number of nitrogens with zero attached hydrogens (tertiary/aromatic N) is 3. The van der Waals surface area contributed by atoms with Crippen LogP contribution in [0.15, 0.2) is 34.2 Å². The highest BCUT2D eigenvalue weighted by Gasteiger charge is 2.16. The van der Waals surface area contributed by atoms with E-state index in [1.54, 1.807) is 0 Å². The molecule has 9 nitrogen and oxygen atoms in total. The van der Waals surface area contributed by atoms with E-state index in [1.807, 2.05) is 18.7 Å². The van der Waals surface area contributed by atoms with Gasteiger partial charge < -0.3 is 10.6 Å². The Morgan fingerprint density at radius 1 is 1.39 bits per heavy atom. The summed E-state index contributed by atoms with van der Waals surface area (Å²) in [5.41, 5.74) is 5.50. The summed E-state index contributed by atoms with van der Waals surface area (Å²) in [5, 5.41) is 10.7. The molecule has 0 aromatic heterocycles. The van der Waals surface area contributed by atoms with Crippen molar-refractivity contribution in [3.05, 3.63) is 34.4 Å². The predicted octanol–water partition coefficient (Wildman–Crippen LogP) is 0.530. The van der Waals surface area contributed by atoms with E-state index < -0.39 is 14.9 Å². The number of aliphatic imine (C=N–C) groups is 1. The van der Waals surface area contributed by atoms with E-state index in [2.05, 4.69) is 9.71 Å². The van der Waals surface area contributed by atoms with Gasteiger partial charge in [0.2, 0.25) is 10.0 Å². The average molecular weight is 343 g/mol. The molecule has 0 spiro atoms. The summed E-state index contributed by atoms with van der Waals surface area (Å²) < 4.78 is 26.5. The molecule has 0 aliphatic rings. The highest BCUT2D eigenvalue weighted by Crippen LogP contribution is 2.16. The lowest BCUT2D eigenvalue weighted by molar-refractivity contribution is -0.385. The van der Waals surface area contributed by atoms with Gasteiger partial charge in [0.05, 0.1) is 16.4 Å². The van der Waals surface area contributed by atoms with Gasteiger partial charge in [0.1, 0.15) is 0 Å². The molecule has 1 rings (SSSR count). The molecule has 1 aromatic rings. The monoisotopic (exact) mass is 343 g/mol. The van der Waals surface area contributed by atoms with E-state index in [-0.39, 0.29) is 23.7 Å². The van der Waals surface area contributed by atoms with Crippen LogP contribution in [-0.2, 0) is 10.0 Å². The molecule has 0 fully saturated rings. The number of hydrogen-bond donors (Lipinski definition) is 2. The number of nitro benzene ring substituents is 1. The number of rotatable bonds is 8. The zero-order valence-electron chi connectivity index (χ0n) is 13.1. The van der Waals surface area contributed by atoms with Crippen LogP contribution in [-0.4, -0.2) is 50.4 Å². The molecule has 0 aliphatic heterocycles. The van der Waals surface area contributed by atoms with Crippen LogP contribution in [0.4, 0.5) is 5.69 Å². The molecular weight excluding hydrogens is 322 g/mol. The molecule has 128 valence electrons. The summed E-state index contributed by atoms with van der Waals surface area (Å²) in [4.78, 5) is 15.8. The van der Waals surface area contributed by atoms with E-state index >= 15 is 0 Å². The standard InChI is InChI=1S/C13H21N5O4S/c1-3-17(4-2)13(14)15-8-9-16-23(21,22)12-7-5-6-11(10-12)18(19)20/h5-7,10,16H,3-4,8-9H2,1-2H3,(H2,14,15). The number of hydrogen-bond acceptors (Lipinski definition) is 5. The molecule has 0 atom stereocenters. The van der Waals surface area contributed by atoms with Crippen molar-refractivity contribution >= 4 is 21.7 Å². The van der Waals surface area contributed by atoms with Crippen molar-refractivity contribution in [1.82, 2.24) is 9.62 Å². The Hall–Kier alpha value is -2.20. The highest BCUT2D eigenvalue weighted by molar-refractivity contribution is 7.89. The minimum absolute atomic E-state index is 0.0486. The molecule has 10 heteroatoms. The first kappa shape index (κ1) is 18.8. The molecule has 0 aliphatic carbocycles. The number of benzene rings is 1. The number of nitrogens with one attached hydrogen (secondary N) is 1. The quantitative estimate of drug-likeness (QED) is 0.233. The zero-order chi connectivity index (χ0) is 17.5. The van der Waals surface area contributed by atoms with E-state index in [1.165, 1.54) is 18.2 Å². The lowest BCUT2D eigenvalue weighted by atomic mass is 10.3. The average Bonchev–Trinajstić information content (AvgIpc) is 2.53. The van der Waals surface area contributed by atoms with Crippen molar-refractivity contribution in [2.45, 2.75) is 18.7 Å². The Labute approximate surface area is 135 Å². The highest BCUT2D eigenvalue weighted by atomic mass is 32.2. The molecule has 0 saturated carbocycles. The van der Waals surface area contributed by atoms with Crippen LogP contribution >= 0.6 is 0 Å². The van der Waals surface area contributed by atoms with Gasteiger partial charge in [-0.05, 0) is 19.9 Å². The van der Waals surface area contributed by atoms with Gasteiger partial charge in [-0.3, -0.25) is 15.1 Å². The largest absolute Gasteiger partial charge is 0.370 e. The fourth-order valence-corrected chi connectivity index (χ4v) is 2.91. The third kappa shape index (κ3) is 5.49. The van der Waals surface area contributed by atoms with Crippen LogP contribution in [0.2, 0.25) is 0 Å². The van der Waals surface area contributed by atoms with Crippen LogP contribution in [0.5, 0.6) is 0 Å². The van der Waals surface area contributed by atoms with Crippen LogP contribution in [0, 0.1) is 10.1 Å². The van der Waals surface area contributed by atoms with Crippen molar-refractivity contribution in [1.29, 1.82) is 0 Å². The van der Waals surface area contributed by atoms with Gasteiger partial charge in [-0.15, -0.1) is 0 Å². The Balaban J connectivity index is 2.68. The van der Waals surface area contributed by atoms with Crippen molar-refractivity contribution in [2.75, 3.05) is 26.2 Å². The summed E-state index contributed by atoms with van der Waals surface area (Å²) in [6.07, 6.45) is 0. The second kappa shape index (κ2) is 8.44. The molecule has 23 heavy (non-hydrogen) atoms. The lowest BCUT2D eigenvalue weighted by Gasteiger charge is -2.19. The molecule has 0 bridgehead atoms. The summed E-state index contributed by atoms with van der Waals surface area (Å²) in [6.45, 7) is 5.54. The van der Waals surface area contributed by atoms with Gasteiger partial charge in [-0.2, -0.15) is 0 Å². The summed E-state index contributed by atoms with van der Waals surface area (Å²) in [6, 6.07) is 4.86. The molecule has 0 heterocycles. The topological polar surface area (TPSA) is 131 Å². The Morgan fingerprint density at radius 3 is 2.61 bits per heavy atom. The van der Waals surface area contributed by atoms with E-state index in [0.717, 1.165) is 6.07 Å². The Bertz CT molecular complexity index is 671. The Kier molecular flexibility index (Phi) is 6.91. The van der Waals surface area contributed by atoms with Crippen molar-refractivity contribution in [3.63, 3.8) is 0 Å². The molecule has 0 amide bonds. The minimum atomic E-state index is -3.82. The number of nitrogens with two attached hydrogens (primary N) is 1. The number of sulfonamides is 1. The maximum absolute atomic E-state index is 12.1. The van der Waals surface area contributed by atoms with Crippen LogP contribution in [0.3, 0.4) is 0 Å². The maximum Gasteiger partial charge on any atom is 0.270 e. The van der Waals surface area contributed by atoms with Gasteiger partial charge in [0.15, 0.2) is 5.96 Å². The summed E-state index contributed by atoms with van der Waals surface area (Å²) in [7, 11) is -3.82. The number of guanidine groups is 1. The van der Waals surface area contributed by atoms with Crippen LogP contribution in [0.1, 0.15) is 13.8 Å². The summed E-state index contributed by atoms with van der Waals surface area (Å²) >= 11 is 0. The smallest absolute Gasteiger partial charge is 0.270 e. The normalized spacial score (nSPS) is 12.2. The fourth-order valence-electron chi connectivity index (χ4n) is 1.85. The van der Waals surface area contributed by atoms with Gasteiger partial charge in [-0.1, -0.05) is 6.07 Å². The first-order valence-electron chi connectivity index (χ1n) is 7.10. The summed E-state index contributed by atoms with van der Waals surface area (Å²) in [5.74, 6) is 0.351. The van der Waals surface area contributed by atoms with Crippen LogP contribution in [0.25, 0.3) is 0 Å². The first-order chi connectivity index (χ1) is 10.8. The third-order valence-electron chi connectivity index (χ3n) is 3.10. The number of nitro groups is 1. The van der Waals surface area contributed by atoms with E-state index in [9.17, 15) is 18.5 Å².